The third-order valence-electron chi connectivity index (χ3n) is 8.22. The summed E-state index contributed by atoms with van der Waals surface area (Å²) < 4.78 is 6.42. The van der Waals surface area contributed by atoms with E-state index in [1.807, 2.05) is 24.3 Å². The minimum absolute atomic E-state index is 0.308. The maximum Gasteiger partial charge on any atom is 0.138 e. The number of para-hydroxylation sites is 1. The molecule has 0 bridgehead atoms. The van der Waals surface area contributed by atoms with Crippen molar-refractivity contribution >= 4 is 82.1 Å². The van der Waals surface area contributed by atoms with Crippen molar-refractivity contribution in [1.29, 1.82) is 0 Å². The second kappa shape index (κ2) is 7.40. The van der Waals surface area contributed by atoms with E-state index < -0.39 is 0 Å². The molecule has 0 atom stereocenters. The molecular weight excluding hydrogens is 478 g/mol. The van der Waals surface area contributed by atoms with Crippen LogP contribution in [-0.4, -0.2) is 5.11 Å². The molecule has 0 saturated carbocycles. The highest BCUT2D eigenvalue weighted by molar-refractivity contribution is 6.27. The first-order chi connectivity index (χ1) is 19.2. The van der Waals surface area contributed by atoms with E-state index in [1.54, 1.807) is 6.07 Å². The molecule has 0 unspecified atom stereocenters. The van der Waals surface area contributed by atoms with Crippen molar-refractivity contribution in [2.24, 2.45) is 0 Å². The summed E-state index contributed by atoms with van der Waals surface area (Å²) >= 11 is 0. The van der Waals surface area contributed by atoms with Crippen molar-refractivity contribution in [1.82, 2.24) is 0 Å². The van der Waals surface area contributed by atoms with E-state index in [9.17, 15) is 5.11 Å². The third-order valence-corrected chi connectivity index (χ3v) is 8.22. The lowest BCUT2D eigenvalue weighted by molar-refractivity contribution is 0.482. The van der Waals surface area contributed by atoms with Crippen LogP contribution < -0.4 is 4.90 Å². The zero-order chi connectivity index (χ0) is 25.7. The Morgan fingerprint density at radius 3 is 2.00 bits per heavy atom. The second-order valence-corrected chi connectivity index (χ2v) is 10.3. The predicted octanol–water partition coefficient (Wildman–Crippen LogP) is 10.2. The minimum atomic E-state index is 0.308. The van der Waals surface area contributed by atoms with Gasteiger partial charge in [-0.3, -0.25) is 0 Å². The summed E-state index contributed by atoms with van der Waals surface area (Å²) in [5.41, 5.74) is 4.98. The quantitative estimate of drug-likeness (QED) is 0.246. The van der Waals surface area contributed by atoms with Crippen LogP contribution >= 0.6 is 0 Å². The van der Waals surface area contributed by atoms with Crippen LogP contribution in [0.4, 0.5) is 17.1 Å². The van der Waals surface area contributed by atoms with E-state index in [2.05, 4.69) is 95.9 Å². The van der Waals surface area contributed by atoms with Gasteiger partial charge < -0.3 is 14.4 Å². The molecule has 9 aromatic rings. The number of furan rings is 1. The molecule has 0 fully saturated rings. The van der Waals surface area contributed by atoms with Crippen LogP contribution in [0.2, 0.25) is 0 Å². The Morgan fingerprint density at radius 1 is 0.462 bits per heavy atom. The fourth-order valence-electron chi connectivity index (χ4n) is 6.54. The van der Waals surface area contributed by atoms with E-state index >= 15 is 0 Å². The van der Waals surface area contributed by atoms with E-state index in [4.69, 9.17) is 4.42 Å². The van der Waals surface area contributed by atoms with Gasteiger partial charge in [0.1, 0.15) is 16.9 Å². The van der Waals surface area contributed by atoms with Gasteiger partial charge in [0.05, 0.1) is 11.4 Å². The number of hydrogen-bond acceptors (Lipinski definition) is 3. The molecule has 1 N–H and O–H groups in total. The van der Waals surface area contributed by atoms with Gasteiger partial charge in [0.2, 0.25) is 0 Å². The van der Waals surface area contributed by atoms with Gasteiger partial charge in [0.15, 0.2) is 0 Å². The van der Waals surface area contributed by atoms with Gasteiger partial charge in [-0.25, -0.2) is 0 Å². The van der Waals surface area contributed by atoms with E-state index in [0.29, 0.717) is 5.75 Å². The third kappa shape index (κ3) is 2.76. The van der Waals surface area contributed by atoms with Gasteiger partial charge in [0.25, 0.3) is 0 Å². The Morgan fingerprint density at radius 2 is 1.13 bits per heavy atom. The molecular formula is C36H21NO2. The number of aromatic hydroxyl groups is 1. The smallest absolute Gasteiger partial charge is 0.138 e. The summed E-state index contributed by atoms with van der Waals surface area (Å²) in [6.45, 7) is 0. The van der Waals surface area contributed by atoms with Gasteiger partial charge in [-0.05, 0) is 63.3 Å². The number of anilines is 3. The molecule has 0 aliphatic rings. The Labute approximate surface area is 223 Å². The number of phenolic OH excluding ortho intramolecular Hbond substituents is 1. The van der Waals surface area contributed by atoms with Crippen LogP contribution in [0.1, 0.15) is 0 Å². The lowest BCUT2D eigenvalue weighted by Crippen LogP contribution is -2.10. The van der Waals surface area contributed by atoms with E-state index in [-0.39, 0.29) is 0 Å². The Hall–Kier alpha value is -5.28. The number of hydrogen-bond donors (Lipinski definition) is 1. The zero-order valence-electron chi connectivity index (χ0n) is 20.8. The summed E-state index contributed by atoms with van der Waals surface area (Å²) in [7, 11) is 0. The summed E-state index contributed by atoms with van der Waals surface area (Å²) in [6.07, 6.45) is 0. The van der Waals surface area contributed by atoms with Crippen molar-refractivity contribution in [2.75, 3.05) is 4.90 Å². The van der Waals surface area contributed by atoms with Crippen molar-refractivity contribution in [3.8, 4) is 5.75 Å². The van der Waals surface area contributed by atoms with Crippen molar-refractivity contribution < 1.29 is 9.52 Å². The molecule has 0 aliphatic carbocycles. The minimum Gasteiger partial charge on any atom is -0.507 e. The largest absolute Gasteiger partial charge is 0.507 e. The first-order valence-electron chi connectivity index (χ1n) is 13.2. The molecule has 1 heterocycles. The molecule has 8 aromatic carbocycles. The van der Waals surface area contributed by atoms with Crippen molar-refractivity contribution in [3.63, 3.8) is 0 Å². The van der Waals surface area contributed by atoms with Crippen LogP contribution in [0.25, 0.3) is 65.0 Å². The lowest BCUT2D eigenvalue weighted by atomic mass is 9.92. The molecule has 3 nitrogen and oxygen atoms in total. The molecule has 0 aliphatic heterocycles. The summed E-state index contributed by atoms with van der Waals surface area (Å²) in [4.78, 5) is 2.32. The molecule has 39 heavy (non-hydrogen) atoms. The molecule has 3 heteroatoms. The standard InChI is InChI=1S/C36H21NO2/c38-30-18-14-23-11-15-27-29(17-13-22-12-16-28(30)34(23)33(22)27)37(25-6-2-1-3-7-25)26-19-24-10-9-21-5-4-8-31-35(21)36(24)32(20-26)39-31/h1-20,38H. The average Bonchev–Trinajstić information content (AvgIpc) is 3.36. The monoisotopic (exact) mass is 499 g/mol. The van der Waals surface area contributed by atoms with E-state index in [0.717, 1.165) is 65.9 Å². The maximum atomic E-state index is 10.7. The van der Waals surface area contributed by atoms with Crippen LogP contribution in [0, 0.1) is 0 Å². The molecule has 0 amide bonds. The summed E-state index contributed by atoms with van der Waals surface area (Å²) in [5, 5.41) is 21.9. The van der Waals surface area contributed by atoms with Crippen molar-refractivity contribution in [3.05, 3.63) is 121 Å². The fraction of sp³-hybridized carbons (Fsp3) is 0. The molecule has 0 radical (unpaired) electrons. The maximum absolute atomic E-state index is 10.7. The van der Waals surface area contributed by atoms with Crippen LogP contribution in [0.15, 0.2) is 126 Å². The highest BCUT2D eigenvalue weighted by Crippen LogP contribution is 2.47. The molecule has 0 saturated heterocycles. The number of phenols is 1. The zero-order valence-corrected chi connectivity index (χ0v) is 20.8. The highest BCUT2D eigenvalue weighted by atomic mass is 16.3. The highest BCUT2D eigenvalue weighted by Gasteiger charge is 2.21. The fourth-order valence-corrected chi connectivity index (χ4v) is 6.54. The topological polar surface area (TPSA) is 36.6 Å². The van der Waals surface area contributed by atoms with Gasteiger partial charge >= 0.3 is 0 Å². The predicted molar refractivity (Wildman–Crippen MR) is 162 cm³/mol. The van der Waals surface area contributed by atoms with Gasteiger partial charge in [0, 0.05) is 38.7 Å². The first-order valence-corrected chi connectivity index (χ1v) is 13.2. The van der Waals surface area contributed by atoms with Crippen LogP contribution in [0.5, 0.6) is 5.75 Å². The average molecular weight is 500 g/mol. The molecule has 1 aromatic heterocycles. The molecule has 0 spiro atoms. The second-order valence-electron chi connectivity index (χ2n) is 10.3. The SMILES string of the molecule is Oc1ccc2ccc3c(N(c4ccccc4)c4cc5ccc6cccc7oc(c4)c5c67)ccc4ccc1c2c43. The Kier molecular flexibility index (Phi) is 3.93. The summed E-state index contributed by atoms with van der Waals surface area (Å²) in [6, 6.07) is 42.2. The van der Waals surface area contributed by atoms with Gasteiger partial charge in [-0.1, -0.05) is 78.9 Å². The number of rotatable bonds is 3. The Balaban J connectivity index is 1.39. The Bertz CT molecular complexity index is 2350. The molecule has 9 rings (SSSR count). The van der Waals surface area contributed by atoms with Crippen LogP contribution in [-0.2, 0) is 0 Å². The lowest BCUT2D eigenvalue weighted by Gasteiger charge is -2.28. The van der Waals surface area contributed by atoms with Gasteiger partial charge in [-0.15, -0.1) is 0 Å². The summed E-state index contributed by atoms with van der Waals surface area (Å²) in [5.74, 6) is 0.308. The first kappa shape index (κ1) is 20.7. The number of nitrogens with zero attached hydrogens (tertiary/aromatic N) is 1. The van der Waals surface area contributed by atoms with Crippen molar-refractivity contribution in [2.45, 2.75) is 0 Å². The molecule has 182 valence electrons. The van der Waals surface area contributed by atoms with Crippen LogP contribution in [0.3, 0.4) is 0 Å². The normalized spacial score (nSPS) is 12.2. The van der Waals surface area contributed by atoms with E-state index in [1.165, 1.54) is 16.2 Å². The van der Waals surface area contributed by atoms with Gasteiger partial charge in [-0.2, -0.15) is 0 Å². The number of benzene rings is 8.